The summed E-state index contributed by atoms with van der Waals surface area (Å²) >= 11 is 0. The molecule has 0 atom stereocenters. The smallest absolute Gasteiger partial charge is 0.124 e. The first-order chi connectivity index (χ1) is 9.78. The Bertz CT molecular complexity index is 598. The predicted octanol–water partition coefficient (Wildman–Crippen LogP) is 2.72. The fraction of sp³-hybridized carbons (Fsp3) is 0.438. The molecule has 3 nitrogen and oxygen atoms in total. The molecule has 0 aliphatic heterocycles. The molecule has 1 fully saturated rings. The van der Waals surface area contributed by atoms with Gasteiger partial charge in [-0.05, 0) is 36.6 Å². The van der Waals surface area contributed by atoms with Gasteiger partial charge in [-0.1, -0.05) is 12.5 Å². The number of fused-ring (bicyclic) bond motifs is 1. The van der Waals surface area contributed by atoms with E-state index in [4.69, 9.17) is 0 Å². The van der Waals surface area contributed by atoms with E-state index in [9.17, 15) is 9.50 Å². The van der Waals surface area contributed by atoms with Crippen molar-refractivity contribution in [1.29, 1.82) is 0 Å². The third kappa shape index (κ3) is 2.67. The Kier molecular flexibility index (Phi) is 3.94. The lowest BCUT2D eigenvalue weighted by Crippen LogP contribution is -2.41. The lowest BCUT2D eigenvalue weighted by atomic mass is 9.91. The van der Waals surface area contributed by atoms with Crippen LogP contribution < -0.4 is 0 Å². The van der Waals surface area contributed by atoms with Crippen LogP contribution in [0.2, 0.25) is 0 Å². The summed E-state index contributed by atoms with van der Waals surface area (Å²) < 4.78 is 13.7. The lowest BCUT2D eigenvalue weighted by Gasteiger charge is -2.37. The van der Waals surface area contributed by atoms with E-state index in [1.165, 1.54) is 25.3 Å². The molecule has 0 unspecified atom stereocenters. The number of aliphatic hydroxyl groups is 1. The first-order valence-electron chi connectivity index (χ1n) is 7.16. The molecule has 1 aliphatic carbocycles. The van der Waals surface area contributed by atoms with Crippen LogP contribution in [0.25, 0.3) is 10.9 Å². The van der Waals surface area contributed by atoms with Gasteiger partial charge in [0.05, 0.1) is 12.1 Å². The van der Waals surface area contributed by atoms with Gasteiger partial charge >= 0.3 is 0 Å². The monoisotopic (exact) mass is 274 g/mol. The van der Waals surface area contributed by atoms with Crippen molar-refractivity contribution in [2.24, 2.45) is 0 Å². The van der Waals surface area contributed by atoms with Crippen LogP contribution in [0, 0.1) is 5.82 Å². The van der Waals surface area contributed by atoms with Crippen LogP contribution in [0.4, 0.5) is 4.39 Å². The third-order valence-electron chi connectivity index (χ3n) is 4.10. The van der Waals surface area contributed by atoms with Crippen molar-refractivity contribution in [3.05, 3.63) is 41.8 Å². The van der Waals surface area contributed by atoms with Gasteiger partial charge in [-0.15, -0.1) is 0 Å². The van der Waals surface area contributed by atoms with E-state index in [-0.39, 0.29) is 12.4 Å². The molecule has 4 heteroatoms. The molecule has 0 amide bonds. The maximum Gasteiger partial charge on any atom is 0.124 e. The Morgan fingerprint density at radius 3 is 2.90 bits per heavy atom. The van der Waals surface area contributed by atoms with Crippen LogP contribution in [0.1, 0.15) is 24.8 Å². The topological polar surface area (TPSA) is 36.4 Å². The number of benzene rings is 1. The summed E-state index contributed by atoms with van der Waals surface area (Å²) in [5.74, 6) is -0.224. The maximum atomic E-state index is 13.7. The Balaban J connectivity index is 1.91. The molecule has 20 heavy (non-hydrogen) atoms. The van der Waals surface area contributed by atoms with Crippen molar-refractivity contribution in [2.45, 2.75) is 31.8 Å². The van der Waals surface area contributed by atoms with Gasteiger partial charge in [-0.3, -0.25) is 9.88 Å². The molecular weight excluding hydrogens is 255 g/mol. The number of aromatic nitrogens is 1. The molecule has 1 saturated carbocycles. The highest BCUT2D eigenvalue weighted by Crippen LogP contribution is 2.27. The minimum absolute atomic E-state index is 0.136. The zero-order chi connectivity index (χ0) is 13.9. The normalized spacial score (nSPS) is 15.8. The van der Waals surface area contributed by atoms with E-state index in [1.807, 2.05) is 12.1 Å². The second kappa shape index (κ2) is 5.85. The highest BCUT2D eigenvalue weighted by Gasteiger charge is 2.25. The molecule has 1 aliphatic rings. The van der Waals surface area contributed by atoms with E-state index in [2.05, 4.69) is 9.88 Å². The van der Waals surface area contributed by atoms with Crippen molar-refractivity contribution in [3.63, 3.8) is 0 Å². The third-order valence-corrected chi connectivity index (χ3v) is 4.10. The molecule has 1 N–H and O–H groups in total. The van der Waals surface area contributed by atoms with Crippen LogP contribution in [0.15, 0.2) is 30.5 Å². The largest absolute Gasteiger partial charge is 0.395 e. The summed E-state index contributed by atoms with van der Waals surface area (Å²) in [6, 6.07) is 7.31. The van der Waals surface area contributed by atoms with E-state index < -0.39 is 0 Å². The molecule has 0 bridgehead atoms. The summed E-state index contributed by atoms with van der Waals surface area (Å²) in [4.78, 5) is 6.63. The molecule has 1 heterocycles. The number of nitrogens with zero attached hydrogens (tertiary/aromatic N) is 2. The standard InChI is InChI=1S/C16H19FN2O/c17-14-9-12-3-2-6-18-16(12)13(10-14)11-19(7-8-20)15-4-1-5-15/h2-3,6,9-10,15,20H,1,4-5,7-8,11H2. The van der Waals surface area contributed by atoms with Crippen LogP contribution in [-0.4, -0.2) is 34.2 Å². The predicted molar refractivity (Wildman–Crippen MR) is 76.8 cm³/mol. The first-order valence-corrected chi connectivity index (χ1v) is 7.16. The van der Waals surface area contributed by atoms with E-state index in [1.54, 1.807) is 12.3 Å². The van der Waals surface area contributed by atoms with Gasteiger partial charge in [-0.2, -0.15) is 0 Å². The zero-order valence-electron chi connectivity index (χ0n) is 11.4. The van der Waals surface area contributed by atoms with Gasteiger partial charge in [0.15, 0.2) is 0 Å². The summed E-state index contributed by atoms with van der Waals surface area (Å²) in [5, 5.41) is 10.1. The van der Waals surface area contributed by atoms with Crippen molar-refractivity contribution in [1.82, 2.24) is 9.88 Å². The number of pyridine rings is 1. The number of aliphatic hydroxyl groups excluding tert-OH is 1. The molecule has 1 aromatic heterocycles. The molecular formula is C16H19FN2O. The van der Waals surface area contributed by atoms with Crippen molar-refractivity contribution >= 4 is 10.9 Å². The van der Waals surface area contributed by atoms with Gasteiger partial charge in [0.2, 0.25) is 0 Å². The van der Waals surface area contributed by atoms with Gasteiger partial charge in [-0.25, -0.2) is 4.39 Å². The second-order valence-corrected chi connectivity index (χ2v) is 5.42. The van der Waals surface area contributed by atoms with Crippen LogP contribution >= 0.6 is 0 Å². The summed E-state index contributed by atoms with van der Waals surface area (Å²) in [6.07, 6.45) is 5.32. The van der Waals surface area contributed by atoms with E-state index in [0.29, 0.717) is 19.1 Å². The van der Waals surface area contributed by atoms with Crippen LogP contribution in [0.5, 0.6) is 0 Å². The molecule has 3 rings (SSSR count). The summed E-state index contributed by atoms with van der Waals surface area (Å²) in [6.45, 7) is 1.42. The molecule has 0 radical (unpaired) electrons. The van der Waals surface area contributed by atoms with Gasteiger partial charge in [0.1, 0.15) is 5.82 Å². The zero-order valence-corrected chi connectivity index (χ0v) is 11.4. The van der Waals surface area contributed by atoms with Gasteiger partial charge < -0.3 is 5.11 Å². The lowest BCUT2D eigenvalue weighted by molar-refractivity contribution is 0.0948. The SMILES string of the molecule is OCCN(Cc1cc(F)cc2cccnc12)C1CCC1. The quantitative estimate of drug-likeness (QED) is 0.910. The fourth-order valence-corrected chi connectivity index (χ4v) is 2.84. The average molecular weight is 274 g/mol. The average Bonchev–Trinajstić information content (AvgIpc) is 2.36. The minimum atomic E-state index is -0.224. The number of hydrogen-bond donors (Lipinski definition) is 1. The minimum Gasteiger partial charge on any atom is -0.395 e. The molecule has 0 saturated heterocycles. The number of halogens is 1. The summed E-state index contributed by atoms with van der Waals surface area (Å²) in [5.41, 5.74) is 1.76. The maximum absolute atomic E-state index is 13.7. The Morgan fingerprint density at radius 1 is 1.35 bits per heavy atom. The second-order valence-electron chi connectivity index (χ2n) is 5.42. The molecule has 1 aromatic carbocycles. The van der Waals surface area contributed by atoms with Crippen molar-refractivity contribution in [2.75, 3.05) is 13.2 Å². The Hall–Kier alpha value is -1.52. The van der Waals surface area contributed by atoms with Gasteiger partial charge in [0.25, 0.3) is 0 Å². The van der Waals surface area contributed by atoms with Crippen LogP contribution in [0.3, 0.4) is 0 Å². The van der Waals surface area contributed by atoms with Crippen LogP contribution in [-0.2, 0) is 6.54 Å². The first kappa shape index (κ1) is 13.5. The molecule has 106 valence electrons. The molecule has 2 aromatic rings. The van der Waals surface area contributed by atoms with Crippen molar-refractivity contribution < 1.29 is 9.50 Å². The fourth-order valence-electron chi connectivity index (χ4n) is 2.84. The highest BCUT2D eigenvalue weighted by atomic mass is 19.1. The highest BCUT2D eigenvalue weighted by molar-refractivity contribution is 5.81. The summed E-state index contributed by atoms with van der Waals surface area (Å²) in [7, 11) is 0. The Labute approximate surface area is 118 Å². The van der Waals surface area contributed by atoms with Crippen molar-refractivity contribution in [3.8, 4) is 0 Å². The number of hydrogen-bond acceptors (Lipinski definition) is 3. The van der Waals surface area contributed by atoms with Gasteiger partial charge in [0, 0.05) is 30.7 Å². The number of rotatable bonds is 5. The molecule has 0 spiro atoms. The van der Waals surface area contributed by atoms with E-state index in [0.717, 1.165) is 16.5 Å². The van der Waals surface area contributed by atoms with E-state index >= 15 is 0 Å². The Morgan fingerprint density at radius 2 is 2.20 bits per heavy atom.